The molecule has 0 aromatic heterocycles. The molecule has 0 aromatic rings. The number of carbonyl (C=O) groups is 1. The summed E-state index contributed by atoms with van der Waals surface area (Å²) in [6, 6.07) is 0. The van der Waals surface area contributed by atoms with Crippen LogP contribution in [-0.2, 0) is 4.79 Å². The molecule has 0 saturated heterocycles. The summed E-state index contributed by atoms with van der Waals surface area (Å²) in [6.07, 6.45) is 3.58. The summed E-state index contributed by atoms with van der Waals surface area (Å²) in [6.45, 7) is 4.04. The minimum atomic E-state index is -0.635. The summed E-state index contributed by atoms with van der Waals surface area (Å²) in [4.78, 5) is 10.5. The number of carboxylic acid groups (broad SMARTS) is 1. The van der Waals surface area contributed by atoms with Crippen LogP contribution in [0.3, 0.4) is 0 Å². The first-order valence-electron chi connectivity index (χ1n) is 3.95. The molecule has 0 saturated carbocycles. The van der Waals surface area contributed by atoms with Crippen molar-refractivity contribution >= 4 is 43.7 Å². The average molecular weight is 186 g/mol. The van der Waals surface area contributed by atoms with Gasteiger partial charge in [0.2, 0.25) is 0 Å². The molecule has 1 N–H and O–H groups in total. The van der Waals surface area contributed by atoms with Crippen LogP contribution in [0.2, 0.25) is 0 Å². The number of carboxylic acids is 1. The van der Waals surface area contributed by atoms with E-state index < -0.39 is 5.97 Å². The van der Waals surface area contributed by atoms with Gasteiger partial charge < -0.3 is 5.11 Å². The topological polar surface area (TPSA) is 37.3 Å². The standard InChI is InChI=1S/C8H16O2.Ca.2H/c1-3-5-7(6-4-2)8(9)10;;;/h7H,3-6H2,1-2H3,(H,9,10);;;. The van der Waals surface area contributed by atoms with E-state index >= 15 is 0 Å². The maximum absolute atomic E-state index is 10.5. The molecular formula is C8H18CaO2. The average Bonchev–Trinajstić information content (AvgIpc) is 1.87. The van der Waals surface area contributed by atoms with Crippen LogP contribution in [0.15, 0.2) is 0 Å². The third-order valence-electron chi connectivity index (χ3n) is 1.62. The molecule has 0 amide bonds. The first-order valence-corrected chi connectivity index (χ1v) is 3.95. The molecule has 0 aliphatic heterocycles. The van der Waals surface area contributed by atoms with E-state index in [1.165, 1.54) is 0 Å². The Balaban J connectivity index is 0. The third kappa shape index (κ3) is 7.10. The van der Waals surface area contributed by atoms with Crippen LogP contribution in [0.1, 0.15) is 39.5 Å². The molecule has 11 heavy (non-hydrogen) atoms. The molecule has 0 aliphatic carbocycles. The molecule has 0 rings (SSSR count). The minimum absolute atomic E-state index is 0. The van der Waals surface area contributed by atoms with E-state index in [9.17, 15) is 4.79 Å². The number of hydrogen-bond acceptors (Lipinski definition) is 1. The van der Waals surface area contributed by atoms with Gasteiger partial charge in [0, 0.05) is 0 Å². The Kier molecular flexibility index (Phi) is 11.4. The fourth-order valence-electron chi connectivity index (χ4n) is 1.09. The van der Waals surface area contributed by atoms with E-state index in [0.29, 0.717) is 0 Å². The van der Waals surface area contributed by atoms with Crippen molar-refractivity contribution < 1.29 is 9.90 Å². The molecule has 0 aromatic carbocycles. The summed E-state index contributed by atoms with van der Waals surface area (Å²) in [5.74, 6) is -0.737. The van der Waals surface area contributed by atoms with Gasteiger partial charge in [-0.05, 0) is 12.8 Å². The van der Waals surface area contributed by atoms with E-state index in [2.05, 4.69) is 0 Å². The van der Waals surface area contributed by atoms with Crippen molar-refractivity contribution in [2.45, 2.75) is 39.5 Å². The van der Waals surface area contributed by atoms with Crippen LogP contribution in [0.5, 0.6) is 0 Å². The Morgan fingerprint density at radius 1 is 1.27 bits per heavy atom. The van der Waals surface area contributed by atoms with Gasteiger partial charge >= 0.3 is 43.7 Å². The monoisotopic (exact) mass is 186 g/mol. The Morgan fingerprint density at radius 3 is 1.82 bits per heavy atom. The van der Waals surface area contributed by atoms with Gasteiger partial charge in [-0.25, -0.2) is 0 Å². The van der Waals surface area contributed by atoms with Crippen LogP contribution in [0.25, 0.3) is 0 Å². The SMILES string of the molecule is CCCC(CCC)C(=O)O.[CaH2]. The molecule has 0 spiro atoms. The second-order valence-corrected chi connectivity index (χ2v) is 2.61. The molecule has 2 nitrogen and oxygen atoms in total. The first kappa shape index (κ1) is 14.3. The Labute approximate surface area is 98.4 Å². The molecule has 0 radical (unpaired) electrons. The second-order valence-electron chi connectivity index (χ2n) is 2.61. The first-order chi connectivity index (χ1) is 4.72. The normalized spacial score (nSPS) is 9.36. The van der Waals surface area contributed by atoms with Crippen molar-refractivity contribution in [1.29, 1.82) is 0 Å². The van der Waals surface area contributed by atoms with Crippen molar-refractivity contribution in [3.05, 3.63) is 0 Å². The van der Waals surface area contributed by atoms with Gasteiger partial charge in [-0.3, -0.25) is 4.79 Å². The summed E-state index contributed by atoms with van der Waals surface area (Å²) in [7, 11) is 0. The second kappa shape index (κ2) is 8.82. The van der Waals surface area contributed by atoms with Crippen molar-refractivity contribution in [1.82, 2.24) is 0 Å². The third-order valence-corrected chi connectivity index (χ3v) is 1.62. The Hall–Kier alpha value is 0.730. The van der Waals surface area contributed by atoms with Crippen LogP contribution < -0.4 is 0 Å². The molecule has 0 fully saturated rings. The van der Waals surface area contributed by atoms with Crippen molar-refractivity contribution in [3.8, 4) is 0 Å². The molecule has 0 bridgehead atoms. The van der Waals surface area contributed by atoms with E-state index in [1.807, 2.05) is 13.8 Å². The summed E-state index contributed by atoms with van der Waals surface area (Å²) < 4.78 is 0. The van der Waals surface area contributed by atoms with E-state index in [4.69, 9.17) is 5.11 Å². The number of rotatable bonds is 5. The number of hydrogen-bond donors (Lipinski definition) is 1. The molecule has 0 aliphatic rings. The fraction of sp³-hybridized carbons (Fsp3) is 0.875. The molecule has 0 heterocycles. The molecule has 3 heteroatoms. The van der Waals surface area contributed by atoms with Gasteiger partial charge in [-0.1, -0.05) is 26.7 Å². The van der Waals surface area contributed by atoms with Crippen LogP contribution in [0.4, 0.5) is 0 Å². The zero-order valence-corrected chi connectivity index (χ0v) is 6.76. The number of aliphatic carboxylic acids is 1. The van der Waals surface area contributed by atoms with Gasteiger partial charge in [0.05, 0.1) is 5.92 Å². The summed E-state index contributed by atoms with van der Waals surface area (Å²) >= 11 is 0. The summed E-state index contributed by atoms with van der Waals surface area (Å²) in [5, 5.41) is 8.64. The van der Waals surface area contributed by atoms with Gasteiger partial charge in [0.1, 0.15) is 0 Å². The zero-order chi connectivity index (χ0) is 7.98. The predicted octanol–water partition coefficient (Wildman–Crippen LogP) is 1.37. The molecular weight excluding hydrogens is 168 g/mol. The molecule has 0 atom stereocenters. The van der Waals surface area contributed by atoms with E-state index in [1.54, 1.807) is 0 Å². The van der Waals surface area contributed by atoms with Crippen molar-refractivity contribution in [2.24, 2.45) is 5.92 Å². The van der Waals surface area contributed by atoms with Gasteiger partial charge in [-0.2, -0.15) is 0 Å². The Bertz CT molecular complexity index is 98.3. The zero-order valence-electron chi connectivity index (χ0n) is 6.76. The summed E-state index contributed by atoms with van der Waals surface area (Å²) in [5.41, 5.74) is 0. The molecule has 64 valence electrons. The van der Waals surface area contributed by atoms with Gasteiger partial charge in [0.15, 0.2) is 0 Å². The van der Waals surface area contributed by atoms with Gasteiger partial charge in [-0.15, -0.1) is 0 Å². The van der Waals surface area contributed by atoms with Crippen molar-refractivity contribution in [3.63, 3.8) is 0 Å². The predicted molar refractivity (Wildman–Crippen MR) is 49.5 cm³/mol. The fourth-order valence-corrected chi connectivity index (χ4v) is 1.09. The van der Waals surface area contributed by atoms with E-state index in [-0.39, 0.29) is 43.7 Å². The van der Waals surface area contributed by atoms with Crippen LogP contribution in [0, 0.1) is 5.92 Å². The van der Waals surface area contributed by atoms with Crippen LogP contribution in [-0.4, -0.2) is 48.8 Å². The van der Waals surface area contributed by atoms with Gasteiger partial charge in [0.25, 0.3) is 0 Å². The van der Waals surface area contributed by atoms with Crippen molar-refractivity contribution in [2.75, 3.05) is 0 Å². The Morgan fingerprint density at radius 2 is 1.64 bits per heavy atom. The van der Waals surface area contributed by atoms with E-state index in [0.717, 1.165) is 25.7 Å². The quantitative estimate of drug-likeness (QED) is 0.658. The molecule has 0 unspecified atom stereocenters. The van der Waals surface area contributed by atoms with Crippen LogP contribution >= 0.6 is 0 Å². The maximum atomic E-state index is 10.5.